The van der Waals surface area contributed by atoms with Crippen LogP contribution in [0.1, 0.15) is 5.56 Å². The predicted octanol–water partition coefficient (Wildman–Crippen LogP) is 3.79. The average Bonchev–Trinajstić information content (AvgIpc) is 2.29. The van der Waals surface area contributed by atoms with Gasteiger partial charge in [0.2, 0.25) is 0 Å². The van der Waals surface area contributed by atoms with Crippen LogP contribution in [0, 0.1) is 0 Å². The molecule has 0 aliphatic rings. The first kappa shape index (κ1) is 11.1. The van der Waals surface area contributed by atoms with Crippen LogP contribution in [0.15, 0.2) is 42.5 Å². The molecule has 0 saturated heterocycles. The molecule has 0 unspecified atom stereocenters. The quantitative estimate of drug-likeness (QED) is 0.604. The molecular weight excluding hydrogens is 266 g/mol. The van der Waals surface area contributed by atoms with Crippen molar-refractivity contribution in [1.82, 2.24) is 4.90 Å². The molecule has 0 heterocycles. The van der Waals surface area contributed by atoms with Gasteiger partial charge in [0, 0.05) is 29.5 Å². The highest BCUT2D eigenvalue weighted by Gasteiger charge is 2.07. The van der Waals surface area contributed by atoms with Crippen LogP contribution in [0.5, 0.6) is 0 Å². The fourth-order valence-electron chi connectivity index (χ4n) is 1.75. The summed E-state index contributed by atoms with van der Waals surface area (Å²) >= 11 is 2.95. The van der Waals surface area contributed by atoms with Crippen LogP contribution in [0.3, 0.4) is 0 Å². The highest BCUT2D eigenvalue weighted by molar-refractivity contribution is 9.18. The summed E-state index contributed by atoms with van der Waals surface area (Å²) in [6.07, 6.45) is 0. The summed E-state index contributed by atoms with van der Waals surface area (Å²) in [6, 6.07) is 14.3. The summed E-state index contributed by atoms with van der Waals surface area (Å²) in [7, 11) is 1.78. The lowest BCUT2D eigenvalue weighted by molar-refractivity contribution is 0.233. The van der Waals surface area contributed by atoms with E-state index in [1.165, 1.54) is 10.8 Å². The molecule has 0 aromatic heterocycles. The summed E-state index contributed by atoms with van der Waals surface area (Å²) in [6.45, 7) is 0.617. The Morgan fingerprint density at radius 3 is 2.62 bits per heavy atom. The first-order valence-corrected chi connectivity index (χ1v) is 5.85. The zero-order chi connectivity index (χ0) is 11.5. The lowest BCUT2D eigenvalue weighted by atomic mass is 10.0. The lowest BCUT2D eigenvalue weighted by Crippen LogP contribution is -2.19. The summed E-state index contributed by atoms with van der Waals surface area (Å²) in [5, 5.41) is 2.40. The first-order valence-electron chi connectivity index (χ1n) is 5.06. The van der Waals surface area contributed by atoms with Gasteiger partial charge >= 0.3 is 0 Å². The van der Waals surface area contributed by atoms with E-state index >= 15 is 0 Å². The third-order valence-electron chi connectivity index (χ3n) is 2.59. The van der Waals surface area contributed by atoms with Gasteiger partial charge in [-0.3, -0.25) is 4.79 Å². The van der Waals surface area contributed by atoms with Crippen molar-refractivity contribution in [1.29, 1.82) is 0 Å². The first-order chi connectivity index (χ1) is 7.68. The van der Waals surface area contributed by atoms with Crippen molar-refractivity contribution in [2.75, 3.05) is 7.05 Å². The average molecular weight is 278 g/mol. The normalized spacial score (nSPS) is 10.4. The largest absolute Gasteiger partial charge is 0.332 e. The second-order valence-corrected chi connectivity index (χ2v) is 4.43. The van der Waals surface area contributed by atoms with E-state index in [0.717, 1.165) is 5.56 Å². The van der Waals surface area contributed by atoms with Gasteiger partial charge in [-0.05, 0) is 16.3 Å². The molecule has 1 amide bonds. The Hall–Kier alpha value is -1.35. The molecule has 16 heavy (non-hydrogen) atoms. The van der Waals surface area contributed by atoms with E-state index in [2.05, 4.69) is 40.2 Å². The van der Waals surface area contributed by atoms with Crippen LogP contribution in [-0.2, 0) is 6.54 Å². The topological polar surface area (TPSA) is 20.3 Å². The zero-order valence-corrected chi connectivity index (χ0v) is 10.6. The molecule has 0 N–H and O–H groups in total. The Balaban J connectivity index is 2.41. The fourth-order valence-corrected chi connectivity index (χ4v) is 1.87. The van der Waals surface area contributed by atoms with Crippen LogP contribution >= 0.6 is 15.9 Å². The van der Waals surface area contributed by atoms with E-state index in [1.807, 2.05) is 18.2 Å². The molecule has 2 rings (SSSR count). The van der Waals surface area contributed by atoms with E-state index in [4.69, 9.17) is 0 Å². The van der Waals surface area contributed by atoms with E-state index in [1.54, 1.807) is 11.9 Å². The molecule has 3 heteroatoms. The molecule has 0 fully saturated rings. The second kappa shape index (κ2) is 4.66. The van der Waals surface area contributed by atoms with Gasteiger partial charge in [0.05, 0.1) is 0 Å². The molecule has 0 spiro atoms. The van der Waals surface area contributed by atoms with Crippen molar-refractivity contribution < 1.29 is 4.79 Å². The van der Waals surface area contributed by atoms with E-state index in [0.29, 0.717) is 6.54 Å². The molecule has 2 aromatic rings. The summed E-state index contributed by atoms with van der Waals surface area (Å²) in [4.78, 5) is 12.7. The van der Waals surface area contributed by atoms with Gasteiger partial charge < -0.3 is 4.90 Å². The maximum Gasteiger partial charge on any atom is 0.289 e. The smallest absolute Gasteiger partial charge is 0.289 e. The van der Waals surface area contributed by atoms with Gasteiger partial charge in [0.25, 0.3) is 4.82 Å². The Morgan fingerprint density at radius 1 is 1.19 bits per heavy atom. The number of carbonyl (C=O) groups is 1. The van der Waals surface area contributed by atoms with Gasteiger partial charge in [-0.15, -0.1) is 0 Å². The fraction of sp³-hybridized carbons (Fsp3) is 0.154. The summed E-state index contributed by atoms with van der Waals surface area (Å²) < 4.78 is 0. The zero-order valence-electron chi connectivity index (χ0n) is 8.98. The van der Waals surface area contributed by atoms with Crippen LogP contribution < -0.4 is 0 Å². The van der Waals surface area contributed by atoms with Crippen LogP contribution in [0.4, 0.5) is 4.79 Å². The van der Waals surface area contributed by atoms with Gasteiger partial charge in [0.15, 0.2) is 0 Å². The van der Waals surface area contributed by atoms with Gasteiger partial charge in [-0.2, -0.15) is 0 Å². The Kier molecular flexibility index (Phi) is 3.25. The van der Waals surface area contributed by atoms with Gasteiger partial charge in [-0.25, -0.2) is 0 Å². The third kappa shape index (κ3) is 2.25. The highest BCUT2D eigenvalue weighted by atomic mass is 79.9. The van der Waals surface area contributed by atoms with E-state index in [9.17, 15) is 4.79 Å². The van der Waals surface area contributed by atoms with E-state index < -0.39 is 0 Å². The van der Waals surface area contributed by atoms with Crippen molar-refractivity contribution in [3.8, 4) is 0 Å². The van der Waals surface area contributed by atoms with Gasteiger partial charge in [0.1, 0.15) is 0 Å². The Morgan fingerprint density at radius 2 is 1.88 bits per heavy atom. The van der Waals surface area contributed by atoms with Crippen LogP contribution in [-0.4, -0.2) is 16.8 Å². The number of benzene rings is 2. The number of carbonyl (C=O) groups excluding carboxylic acids is 1. The van der Waals surface area contributed by atoms with Crippen molar-refractivity contribution in [3.05, 3.63) is 48.0 Å². The second-order valence-electron chi connectivity index (χ2n) is 3.75. The number of hydrogen-bond acceptors (Lipinski definition) is 1. The monoisotopic (exact) mass is 277 g/mol. The van der Waals surface area contributed by atoms with Crippen molar-refractivity contribution >= 4 is 31.5 Å². The molecule has 0 aliphatic carbocycles. The third-order valence-corrected chi connectivity index (χ3v) is 3.19. The SMILES string of the molecule is CN(Cc1cccc2ccccc12)C(=O)Br. The Bertz CT molecular complexity index is 519. The molecule has 0 saturated carbocycles. The molecular formula is C13H12BrNO. The number of hydrogen-bond donors (Lipinski definition) is 0. The summed E-state index contributed by atoms with van der Waals surface area (Å²) in [5.74, 6) is 0. The summed E-state index contributed by atoms with van der Waals surface area (Å²) in [5.41, 5.74) is 1.16. The molecule has 2 nitrogen and oxygen atoms in total. The van der Waals surface area contributed by atoms with Crippen molar-refractivity contribution in [2.45, 2.75) is 6.54 Å². The minimum absolute atomic E-state index is 0.0968. The van der Waals surface area contributed by atoms with Crippen LogP contribution in [0.25, 0.3) is 10.8 Å². The van der Waals surface area contributed by atoms with Crippen molar-refractivity contribution in [3.63, 3.8) is 0 Å². The maximum atomic E-state index is 11.1. The van der Waals surface area contributed by atoms with Crippen LogP contribution in [0.2, 0.25) is 0 Å². The highest BCUT2D eigenvalue weighted by Crippen LogP contribution is 2.19. The number of halogens is 1. The van der Waals surface area contributed by atoms with Gasteiger partial charge in [-0.1, -0.05) is 42.5 Å². The lowest BCUT2D eigenvalue weighted by Gasteiger charge is -2.15. The molecule has 0 bridgehead atoms. The maximum absolute atomic E-state index is 11.1. The van der Waals surface area contributed by atoms with Crippen molar-refractivity contribution in [2.24, 2.45) is 0 Å². The number of amides is 1. The minimum atomic E-state index is -0.0968. The Labute approximate surface area is 103 Å². The molecule has 2 aromatic carbocycles. The number of rotatable bonds is 2. The molecule has 0 atom stereocenters. The number of nitrogens with zero attached hydrogens (tertiary/aromatic N) is 1. The molecule has 82 valence electrons. The molecule has 0 aliphatic heterocycles. The van der Waals surface area contributed by atoms with E-state index in [-0.39, 0.29) is 4.82 Å². The number of fused-ring (bicyclic) bond motifs is 1. The molecule has 0 radical (unpaired) electrons. The standard InChI is InChI=1S/C13H12BrNO/c1-15(13(14)16)9-11-7-4-6-10-5-2-3-8-12(10)11/h2-8H,9H2,1H3. The minimum Gasteiger partial charge on any atom is -0.332 e. The predicted molar refractivity (Wildman–Crippen MR) is 69.7 cm³/mol.